The maximum atomic E-state index is 12.9. The van der Waals surface area contributed by atoms with E-state index in [4.69, 9.17) is 14.2 Å². The van der Waals surface area contributed by atoms with Crippen molar-refractivity contribution in [2.45, 2.75) is 367 Å². The van der Waals surface area contributed by atoms with E-state index in [1.165, 1.54) is 244 Å². The van der Waals surface area contributed by atoms with E-state index in [1.807, 2.05) is 0 Å². The Balaban J connectivity index is 4.32. The summed E-state index contributed by atoms with van der Waals surface area (Å²) in [6.45, 7) is 6.68. The molecule has 0 fully saturated rings. The molecule has 0 aromatic heterocycles. The average Bonchev–Trinajstić information content (AvgIpc) is 3.42. The minimum Gasteiger partial charge on any atom is -0.462 e. The van der Waals surface area contributed by atoms with E-state index in [0.29, 0.717) is 19.3 Å². The highest BCUT2D eigenvalue weighted by Crippen LogP contribution is 2.17. The van der Waals surface area contributed by atoms with Crippen LogP contribution in [-0.2, 0) is 28.6 Å². The van der Waals surface area contributed by atoms with E-state index >= 15 is 0 Å². The second-order valence-electron chi connectivity index (χ2n) is 22.7. The second-order valence-corrected chi connectivity index (χ2v) is 22.7. The Morgan fingerprint density at radius 2 is 0.474 bits per heavy atom. The zero-order chi connectivity index (χ0) is 55.0. The van der Waals surface area contributed by atoms with Crippen LogP contribution in [0, 0.1) is 0 Å². The van der Waals surface area contributed by atoms with Gasteiger partial charge in [0.05, 0.1) is 0 Å². The van der Waals surface area contributed by atoms with Crippen molar-refractivity contribution in [3.05, 3.63) is 48.6 Å². The lowest BCUT2D eigenvalue weighted by Crippen LogP contribution is -2.30. The molecule has 6 nitrogen and oxygen atoms in total. The van der Waals surface area contributed by atoms with E-state index in [2.05, 4.69) is 69.4 Å². The summed E-state index contributed by atoms with van der Waals surface area (Å²) in [4.78, 5) is 38.4. The lowest BCUT2D eigenvalue weighted by Gasteiger charge is -2.18. The van der Waals surface area contributed by atoms with Gasteiger partial charge in [-0.25, -0.2) is 0 Å². The Labute approximate surface area is 473 Å². The van der Waals surface area contributed by atoms with Crippen molar-refractivity contribution in [1.29, 1.82) is 0 Å². The van der Waals surface area contributed by atoms with Crippen LogP contribution in [0.25, 0.3) is 0 Å². The van der Waals surface area contributed by atoms with Crippen LogP contribution in [0.4, 0.5) is 0 Å². The van der Waals surface area contributed by atoms with Gasteiger partial charge in [0, 0.05) is 19.3 Å². The van der Waals surface area contributed by atoms with E-state index in [1.54, 1.807) is 0 Å². The van der Waals surface area contributed by atoms with Crippen LogP contribution in [0.5, 0.6) is 0 Å². The summed E-state index contributed by atoms with van der Waals surface area (Å²) in [5.74, 6) is -0.865. The number of hydrogen-bond acceptors (Lipinski definition) is 6. The number of ether oxygens (including phenoxy) is 3. The standard InChI is InChI=1S/C70H128O6/c1-4-7-10-13-16-19-22-25-28-30-32-34-35-37-38-40-42-45-48-51-54-57-60-63-69(72)75-66-67(65-74-68(71)62-59-56-53-50-47-44-27-24-21-18-15-12-9-6-3)76-70(73)64-61-58-55-52-49-46-43-41-39-36-33-31-29-26-23-20-17-14-11-8-5-2/h23,26,30-33,39,41,67H,4-22,24-25,27-29,34-38,40,42-66H2,1-3H3/b26-23-,32-30-,33-31-,41-39-. The van der Waals surface area contributed by atoms with Gasteiger partial charge in [0.2, 0.25) is 0 Å². The molecule has 0 heterocycles. The summed E-state index contributed by atoms with van der Waals surface area (Å²) in [6, 6.07) is 0. The van der Waals surface area contributed by atoms with Gasteiger partial charge in [0.25, 0.3) is 0 Å². The second kappa shape index (κ2) is 64.9. The largest absolute Gasteiger partial charge is 0.462 e. The molecule has 0 radical (unpaired) electrons. The highest BCUT2D eigenvalue weighted by atomic mass is 16.6. The normalized spacial score (nSPS) is 12.3. The molecule has 0 rings (SSSR count). The Bertz CT molecular complexity index is 1310. The highest BCUT2D eigenvalue weighted by molar-refractivity contribution is 5.71. The molecule has 6 heteroatoms. The molecule has 1 atom stereocenters. The topological polar surface area (TPSA) is 78.9 Å². The van der Waals surface area contributed by atoms with Gasteiger partial charge < -0.3 is 14.2 Å². The quantitative estimate of drug-likeness (QED) is 0.0261. The molecule has 0 aliphatic carbocycles. The predicted molar refractivity (Wildman–Crippen MR) is 330 cm³/mol. The van der Waals surface area contributed by atoms with Crippen molar-refractivity contribution in [2.75, 3.05) is 13.2 Å². The van der Waals surface area contributed by atoms with Crippen molar-refractivity contribution in [3.63, 3.8) is 0 Å². The van der Waals surface area contributed by atoms with Crippen LogP contribution in [0.1, 0.15) is 361 Å². The number of esters is 3. The maximum absolute atomic E-state index is 12.9. The molecular formula is C70H128O6. The Morgan fingerprint density at radius 3 is 0.750 bits per heavy atom. The average molecular weight is 1070 g/mol. The predicted octanol–water partition coefficient (Wildman–Crippen LogP) is 22.9. The minimum absolute atomic E-state index is 0.0748. The Morgan fingerprint density at radius 1 is 0.263 bits per heavy atom. The third-order valence-corrected chi connectivity index (χ3v) is 15.1. The minimum atomic E-state index is -0.779. The first-order valence-electron chi connectivity index (χ1n) is 33.6. The highest BCUT2D eigenvalue weighted by Gasteiger charge is 2.19. The van der Waals surface area contributed by atoms with Crippen molar-refractivity contribution >= 4 is 17.9 Å². The van der Waals surface area contributed by atoms with Crippen molar-refractivity contribution < 1.29 is 28.6 Å². The molecule has 0 aromatic carbocycles. The molecule has 0 aliphatic rings. The molecule has 76 heavy (non-hydrogen) atoms. The van der Waals surface area contributed by atoms with Crippen LogP contribution < -0.4 is 0 Å². The molecule has 1 unspecified atom stereocenters. The van der Waals surface area contributed by atoms with Crippen LogP contribution >= 0.6 is 0 Å². The van der Waals surface area contributed by atoms with Crippen LogP contribution in [0.3, 0.4) is 0 Å². The number of allylic oxidation sites excluding steroid dienone is 8. The number of carbonyl (C=O) groups is 3. The number of carbonyl (C=O) groups excluding carboxylic acids is 3. The smallest absolute Gasteiger partial charge is 0.306 e. The molecule has 0 spiro atoms. The van der Waals surface area contributed by atoms with Gasteiger partial charge >= 0.3 is 17.9 Å². The molecule has 0 bridgehead atoms. The zero-order valence-electron chi connectivity index (χ0n) is 51.0. The fourth-order valence-electron chi connectivity index (χ4n) is 9.98. The maximum Gasteiger partial charge on any atom is 0.306 e. The SMILES string of the molecule is CCCCCCC/C=C\C/C=C\C/C=C\CCCCCCCCC(=O)OC(COC(=O)CCCCCCCCCCCCC/C=C\CCCCCCCCCC)COC(=O)CCCCCCCCCCCCCCCC. The van der Waals surface area contributed by atoms with Gasteiger partial charge in [0.1, 0.15) is 13.2 Å². The fourth-order valence-corrected chi connectivity index (χ4v) is 9.98. The third-order valence-electron chi connectivity index (χ3n) is 15.1. The Kier molecular flexibility index (Phi) is 62.6. The number of unbranched alkanes of at least 4 members (excludes halogenated alkanes) is 43. The molecular weight excluding hydrogens is 937 g/mol. The zero-order valence-corrected chi connectivity index (χ0v) is 51.0. The molecule has 0 saturated heterocycles. The molecule has 0 aliphatic heterocycles. The molecule has 0 saturated carbocycles. The number of hydrogen-bond donors (Lipinski definition) is 0. The lowest BCUT2D eigenvalue weighted by molar-refractivity contribution is -0.167. The summed E-state index contributed by atoms with van der Waals surface area (Å²) in [5, 5.41) is 0. The summed E-state index contributed by atoms with van der Waals surface area (Å²) in [6.07, 6.45) is 81.2. The summed E-state index contributed by atoms with van der Waals surface area (Å²) >= 11 is 0. The van der Waals surface area contributed by atoms with Crippen LogP contribution in [-0.4, -0.2) is 37.2 Å². The van der Waals surface area contributed by atoms with Crippen LogP contribution in [0.2, 0.25) is 0 Å². The van der Waals surface area contributed by atoms with Crippen LogP contribution in [0.15, 0.2) is 48.6 Å². The lowest BCUT2D eigenvalue weighted by atomic mass is 10.0. The van der Waals surface area contributed by atoms with Gasteiger partial charge in [-0.05, 0) is 83.5 Å². The number of rotatable bonds is 62. The van der Waals surface area contributed by atoms with E-state index in [-0.39, 0.29) is 31.1 Å². The van der Waals surface area contributed by atoms with Gasteiger partial charge in [-0.15, -0.1) is 0 Å². The first-order valence-corrected chi connectivity index (χ1v) is 33.6. The van der Waals surface area contributed by atoms with E-state index in [9.17, 15) is 14.4 Å². The van der Waals surface area contributed by atoms with E-state index in [0.717, 1.165) is 77.0 Å². The summed E-state index contributed by atoms with van der Waals surface area (Å²) < 4.78 is 17.0. The summed E-state index contributed by atoms with van der Waals surface area (Å²) in [7, 11) is 0. The molecule has 444 valence electrons. The van der Waals surface area contributed by atoms with Crippen molar-refractivity contribution in [1.82, 2.24) is 0 Å². The van der Waals surface area contributed by atoms with Gasteiger partial charge in [-0.3, -0.25) is 14.4 Å². The summed E-state index contributed by atoms with van der Waals surface area (Å²) in [5.41, 5.74) is 0. The third kappa shape index (κ3) is 62.2. The first kappa shape index (κ1) is 73.4. The van der Waals surface area contributed by atoms with Gasteiger partial charge in [-0.2, -0.15) is 0 Å². The van der Waals surface area contributed by atoms with Gasteiger partial charge in [0.15, 0.2) is 6.10 Å². The molecule has 0 amide bonds. The first-order chi connectivity index (χ1) is 37.5. The van der Waals surface area contributed by atoms with Crippen molar-refractivity contribution in [3.8, 4) is 0 Å². The molecule has 0 N–H and O–H groups in total. The van der Waals surface area contributed by atoms with Crippen molar-refractivity contribution in [2.24, 2.45) is 0 Å². The fraction of sp³-hybridized carbons (Fsp3) is 0.843. The Hall–Kier alpha value is -2.63. The monoisotopic (exact) mass is 1060 g/mol. The van der Waals surface area contributed by atoms with Gasteiger partial charge in [-0.1, -0.05) is 307 Å². The van der Waals surface area contributed by atoms with E-state index < -0.39 is 6.10 Å². The molecule has 0 aromatic rings.